The van der Waals surface area contributed by atoms with Crippen molar-refractivity contribution in [2.75, 3.05) is 24.6 Å². The van der Waals surface area contributed by atoms with Gasteiger partial charge in [-0.2, -0.15) is 5.26 Å². The van der Waals surface area contributed by atoms with Gasteiger partial charge in [-0.25, -0.2) is 0 Å². The van der Waals surface area contributed by atoms with Gasteiger partial charge >= 0.3 is 0 Å². The standard InChI is InChI=1S/C14H18N2O/c1-11-2-3-14(13(8-11)9-15)16-6-4-12(10-17)5-7-16/h2-3,8,12,17H,4-7,10H2,1H3. The van der Waals surface area contributed by atoms with E-state index >= 15 is 0 Å². The predicted octanol–water partition coefficient (Wildman–Crippen LogP) is 2.08. The van der Waals surface area contributed by atoms with Crippen LogP contribution in [0.3, 0.4) is 0 Å². The first-order valence-electron chi connectivity index (χ1n) is 6.11. The minimum Gasteiger partial charge on any atom is -0.396 e. The van der Waals surface area contributed by atoms with Crippen LogP contribution in [0.25, 0.3) is 0 Å². The highest BCUT2D eigenvalue weighted by Crippen LogP contribution is 2.26. The van der Waals surface area contributed by atoms with Crippen LogP contribution in [0.2, 0.25) is 0 Å². The molecular weight excluding hydrogens is 212 g/mol. The number of hydrogen-bond donors (Lipinski definition) is 1. The van der Waals surface area contributed by atoms with E-state index in [0.717, 1.165) is 42.7 Å². The molecule has 1 fully saturated rings. The van der Waals surface area contributed by atoms with Gasteiger partial charge in [0, 0.05) is 19.7 Å². The van der Waals surface area contributed by atoms with Crippen molar-refractivity contribution in [2.24, 2.45) is 5.92 Å². The van der Waals surface area contributed by atoms with Gasteiger partial charge in [0.2, 0.25) is 0 Å². The van der Waals surface area contributed by atoms with Gasteiger partial charge in [-0.1, -0.05) is 6.07 Å². The Bertz CT molecular complexity index is 428. The molecule has 90 valence electrons. The predicted molar refractivity (Wildman–Crippen MR) is 67.9 cm³/mol. The van der Waals surface area contributed by atoms with E-state index in [0.29, 0.717) is 5.92 Å². The fourth-order valence-corrected chi connectivity index (χ4v) is 2.37. The summed E-state index contributed by atoms with van der Waals surface area (Å²) in [6.45, 7) is 4.15. The van der Waals surface area contributed by atoms with Crippen molar-refractivity contribution < 1.29 is 5.11 Å². The van der Waals surface area contributed by atoms with Gasteiger partial charge in [0.05, 0.1) is 11.3 Å². The summed E-state index contributed by atoms with van der Waals surface area (Å²) in [6.07, 6.45) is 2.02. The molecule has 0 saturated carbocycles. The van der Waals surface area contributed by atoms with Crippen LogP contribution >= 0.6 is 0 Å². The largest absolute Gasteiger partial charge is 0.396 e. The molecule has 1 aromatic rings. The topological polar surface area (TPSA) is 47.3 Å². The Labute approximate surface area is 102 Å². The first-order valence-corrected chi connectivity index (χ1v) is 6.11. The average molecular weight is 230 g/mol. The second kappa shape index (κ2) is 5.20. The molecule has 3 heteroatoms. The summed E-state index contributed by atoms with van der Waals surface area (Å²) < 4.78 is 0. The van der Waals surface area contributed by atoms with Crippen molar-refractivity contribution in [1.82, 2.24) is 0 Å². The number of aryl methyl sites for hydroxylation is 1. The molecule has 3 nitrogen and oxygen atoms in total. The van der Waals surface area contributed by atoms with E-state index in [1.807, 2.05) is 25.1 Å². The molecular formula is C14H18N2O. The van der Waals surface area contributed by atoms with Crippen LogP contribution in [-0.2, 0) is 0 Å². The number of aliphatic hydroxyl groups excluding tert-OH is 1. The summed E-state index contributed by atoms with van der Waals surface area (Å²) in [6, 6.07) is 8.29. The maximum atomic E-state index is 9.16. The van der Waals surface area contributed by atoms with Crippen molar-refractivity contribution in [3.8, 4) is 6.07 Å². The molecule has 0 aliphatic carbocycles. The Morgan fingerprint density at radius 3 is 2.71 bits per heavy atom. The van der Waals surface area contributed by atoms with Gasteiger partial charge in [-0.15, -0.1) is 0 Å². The molecule has 1 heterocycles. The maximum Gasteiger partial charge on any atom is 0.101 e. The SMILES string of the molecule is Cc1ccc(N2CCC(CO)CC2)c(C#N)c1. The molecule has 2 rings (SSSR count). The summed E-state index contributed by atoms with van der Waals surface area (Å²) in [7, 11) is 0. The van der Waals surface area contributed by atoms with E-state index in [1.165, 1.54) is 0 Å². The Morgan fingerprint density at radius 2 is 2.12 bits per heavy atom. The van der Waals surface area contributed by atoms with E-state index in [-0.39, 0.29) is 6.61 Å². The Kier molecular flexibility index (Phi) is 3.65. The number of aliphatic hydroxyl groups is 1. The van der Waals surface area contributed by atoms with E-state index in [9.17, 15) is 0 Å². The van der Waals surface area contributed by atoms with Gasteiger partial charge in [-0.3, -0.25) is 0 Å². The molecule has 1 N–H and O–H groups in total. The van der Waals surface area contributed by atoms with Crippen LogP contribution in [-0.4, -0.2) is 24.8 Å². The third-order valence-corrected chi connectivity index (χ3v) is 3.49. The number of hydrogen-bond acceptors (Lipinski definition) is 3. The first-order chi connectivity index (χ1) is 8.24. The van der Waals surface area contributed by atoms with Crippen LogP contribution in [0, 0.1) is 24.2 Å². The number of benzene rings is 1. The number of nitriles is 1. The van der Waals surface area contributed by atoms with Gasteiger partial charge in [0.15, 0.2) is 0 Å². The quantitative estimate of drug-likeness (QED) is 0.846. The molecule has 0 amide bonds. The zero-order chi connectivity index (χ0) is 12.3. The van der Waals surface area contributed by atoms with Gasteiger partial charge < -0.3 is 10.0 Å². The minimum absolute atomic E-state index is 0.285. The highest BCUT2D eigenvalue weighted by molar-refractivity contribution is 5.60. The lowest BCUT2D eigenvalue weighted by Crippen LogP contribution is -2.35. The Morgan fingerprint density at radius 1 is 1.41 bits per heavy atom. The molecule has 1 aliphatic rings. The summed E-state index contributed by atoms with van der Waals surface area (Å²) in [5.41, 5.74) is 2.91. The zero-order valence-electron chi connectivity index (χ0n) is 10.2. The van der Waals surface area contributed by atoms with Crippen LogP contribution in [0.5, 0.6) is 0 Å². The van der Waals surface area contributed by atoms with Crippen molar-refractivity contribution >= 4 is 5.69 Å². The maximum absolute atomic E-state index is 9.16. The van der Waals surface area contributed by atoms with Crippen molar-refractivity contribution in [3.63, 3.8) is 0 Å². The molecule has 0 spiro atoms. The third kappa shape index (κ3) is 2.59. The van der Waals surface area contributed by atoms with E-state index in [1.54, 1.807) is 0 Å². The number of piperidine rings is 1. The summed E-state index contributed by atoms with van der Waals surface area (Å²) >= 11 is 0. The Hall–Kier alpha value is -1.53. The third-order valence-electron chi connectivity index (χ3n) is 3.49. The number of anilines is 1. The molecule has 0 unspecified atom stereocenters. The van der Waals surface area contributed by atoms with Gasteiger partial charge in [0.25, 0.3) is 0 Å². The summed E-state index contributed by atoms with van der Waals surface area (Å²) in [5.74, 6) is 0.433. The van der Waals surface area contributed by atoms with Gasteiger partial charge in [0.1, 0.15) is 6.07 Å². The molecule has 1 aliphatic heterocycles. The second-order valence-corrected chi connectivity index (χ2v) is 4.75. The number of nitrogens with zero attached hydrogens (tertiary/aromatic N) is 2. The lowest BCUT2D eigenvalue weighted by Gasteiger charge is -2.33. The van der Waals surface area contributed by atoms with Gasteiger partial charge in [-0.05, 0) is 43.4 Å². The second-order valence-electron chi connectivity index (χ2n) is 4.75. The summed E-state index contributed by atoms with van der Waals surface area (Å²) in [4.78, 5) is 2.25. The van der Waals surface area contributed by atoms with E-state index in [2.05, 4.69) is 11.0 Å². The molecule has 0 radical (unpaired) electrons. The van der Waals surface area contributed by atoms with Crippen molar-refractivity contribution in [1.29, 1.82) is 5.26 Å². The monoisotopic (exact) mass is 230 g/mol. The molecule has 17 heavy (non-hydrogen) atoms. The molecule has 1 saturated heterocycles. The fraction of sp³-hybridized carbons (Fsp3) is 0.500. The molecule has 0 bridgehead atoms. The van der Waals surface area contributed by atoms with Crippen LogP contribution in [0.1, 0.15) is 24.0 Å². The first kappa shape index (κ1) is 11.9. The van der Waals surface area contributed by atoms with Crippen LogP contribution < -0.4 is 4.90 Å². The minimum atomic E-state index is 0.285. The van der Waals surface area contributed by atoms with Crippen molar-refractivity contribution in [2.45, 2.75) is 19.8 Å². The van der Waals surface area contributed by atoms with E-state index in [4.69, 9.17) is 10.4 Å². The summed E-state index contributed by atoms with van der Waals surface area (Å²) in [5, 5.41) is 18.3. The van der Waals surface area contributed by atoms with E-state index < -0.39 is 0 Å². The van der Waals surface area contributed by atoms with Crippen LogP contribution in [0.4, 0.5) is 5.69 Å². The molecule has 1 aromatic carbocycles. The molecule has 0 aromatic heterocycles. The Balaban J connectivity index is 2.16. The van der Waals surface area contributed by atoms with Crippen LogP contribution in [0.15, 0.2) is 18.2 Å². The fourth-order valence-electron chi connectivity index (χ4n) is 2.37. The molecule has 0 atom stereocenters. The lowest BCUT2D eigenvalue weighted by molar-refractivity contribution is 0.203. The lowest BCUT2D eigenvalue weighted by atomic mass is 9.96. The normalized spacial score (nSPS) is 16.9. The highest BCUT2D eigenvalue weighted by Gasteiger charge is 2.20. The average Bonchev–Trinajstić information content (AvgIpc) is 2.39. The smallest absolute Gasteiger partial charge is 0.101 e. The zero-order valence-corrected chi connectivity index (χ0v) is 10.2. The highest BCUT2D eigenvalue weighted by atomic mass is 16.3. The van der Waals surface area contributed by atoms with Crippen molar-refractivity contribution in [3.05, 3.63) is 29.3 Å². The number of rotatable bonds is 2.